The summed E-state index contributed by atoms with van der Waals surface area (Å²) in [6, 6.07) is 2.61. The van der Waals surface area contributed by atoms with E-state index in [4.69, 9.17) is 0 Å². The summed E-state index contributed by atoms with van der Waals surface area (Å²) in [7, 11) is 0. The van der Waals surface area contributed by atoms with Gasteiger partial charge < -0.3 is 5.32 Å². The van der Waals surface area contributed by atoms with E-state index in [1.165, 1.54) is 12.2 Å². The predicted octanol–water partition coefficient (Wildman–Crippen LogP) is 2.86. The molecule has 1 amide bonds. The number of hydrogen-bond donors (Lipinski definition) is 1. The molecule has 1 unspecified atom stereocenters. The maximum absolute atomic E-state index is 12.4. The van der Waals surface area contributed by atoms with E-state index >= 15 is 0 Å². The molecule has 0 radical (unpaired) electrons. The highest BCUT2D eigenvalue weighted by Crippen LogP contribution is 2.35. The Kier molecular flexibility index (Phi) is 4.94. The molecule has 1 N–H and O–H groups in total. The van der Waals surface area contributed by atoms with Crippen molar-refractivity contribution in [2.24, 2.45) is 5.41 Å². The molecule has 4 heteroatoms. The van der Waals surface area contributed by atoms with Gasteiger partial charge in [-0.2, -0.15) is 17.0 Å². The molecule has 2 aliphatic rings. The fraction of sp³-hybridized carbons (Fsp3) is 0.857. The molecule has 2 fully saturated rings. The van der Waals surface area contributed by atoms with Crippen molar-refractivity contribution in [3.05, 3.63) is 0 Å². The topological polar surface area (TPSA) is 52.9 Å². The summed E-state index contributed by atoms with van der Waals surface area (Å²) in [6.07, 6.45) is 8.09. The van der Waals surface area contributed by atoms with Crippen LogP contribution in [0.2, 0.25) is 0 Å². The minimum Gasteiger partial charge on any atom is -0.351 e. The summed E-state index contributed by atoms with van der Waals surface area (Å²) < 4.78 is 0. The number of rotatable bonds is 2. The highest BCUT2D eigenvalue weighted by molar-refractivity contribution is 7.99. The Balaban J connectivity index is 1.97. The normalized spacial score (nSPS) is 27.8. The number of hydrogen-bond acceptors (Lipinski definition) is 3. The van der Waals surface area contributed by atoms with E-state index in [-0.39, 0.29) is 11.9 Å². The third-order valence-electron chi connectivity index (χ3n) is 4.10. The van der Waals surface area contributed by atoms with Gasteiger partial charge in [-0.05, 0) is 31.4 Å². The molecular formula is C14H22N2OS. The van der Waals surface area contributed by atoms with Crippen molar-refractivity contribution in [3.8, 4) is 6.07 Å². The van der Waals surface area contributed by atoms with Gasteiger partial charge in [0.2, 0.25) is 5.91 Å². The van der Waals surface area contributed by atoms with Gasteiger partial charge in [-0.15, -0.1) is 0 Å². The SMILES string of the molecule is N#CC1(C(=O)NC2CCCSC2)CCCCCC1. The van der Waals surface area contributed by atoms with Crippen LogP contribution in [-0.2, 0) is 4.79 Å². The van der Waals surface area contributed by atoms with Crippen LogP contribution in [0.5, 0.6) is 0 Å². The summed E-state index contributed by atoms with van der Waals surface area (Å²) >= 11 is 1.90. The largest absolute Gasteiger partial charge is 0.351 e. The monoisotopic (exact) mass is 266 g/mol. The molecule has 0 aromatic rings. The molecule has 0 spiro atoms. The van der Waals surface area contributed by atoms with Gasteiger partial charge in [0, 0.05) is 11.8 Å². The average molecular weight is 266 g/mol. The second kappa shape index (κ2) is 6.47. The lowest BCUT2D eigenvalue weighted by molar-refractivity contribution is -0.129. The molecule has 1 aliphatic carbocycles. The Labute approximate surface area is 114 Å². The van der Waals surface area contributed by atoms with Crippen LogP contribution in [0.3, 0.4) is 0 Å². The zero-order chi connectivity index (χ0) is 12.8. The number of thioether (sulfide) groups is 1. The third kappa shape index (κ3) is 3.20. The lowest BCUT2D eigenvalue weighted by Gasteiger charge is -2.29. The summed E-state index contributed by atoms with van der Waals surface area (Å²) in [6.45, 7) is 0. The minimum absolute atomic E-state index is 0.000556. The second-order valence-corrected chi connectivity index (χ2v) is 6.65. The predicted molar refractivity (Wildman–Crippen MR) is 74.2 cm³/mol. The standard InChI is InChI=1S/C14H22N2OS/c15-11-14(7-3-1-2-4-8-14)13(17)16-12-6-5-9-18-10-12/h12H,1-10H2,(H,16,17). The van der Waals surface area contributed by atoms with Crippen LogP contribution in [0.4, 0.5) is 0 Å². The summed E-state index contributed by atoms with van der Waals surface area (Å²) in [5, 5.41) is 12.6. The average Bonchev–Trinajstić information content (AvgIpc) is 2.66. The molecule has 1 heterocycles. The van der Waals surface area contributed by atoms with Crippen LogP contribution in [0.1, 0.15) is 51.4 Å². The van der Waals surface area contributed by atoms with Crippen molar-refractivity contribution in [2.45, 2.75) is 57.4 Å². The first kappa shape index (κ1) is 13.7. The first-order valence-corrected chi connectivity index (χ1v) is 8.22. The van der Waals surface area contributed by atoms with E-state index in [2.05, 4.69) is 11.4 Å². The van der Waals surface area contributed by atoms with Crippen LogP contribution >= 0.6 is 11.8 Å². The molecule has 100 valence electrons. The molecule has 1 saturated heterocycles. The fourth-order valence-corrected chi connectivity index (χ4v) is 3.97. The first-order valence-electron chi connectivity index (χ1n) is 7.07. The van der Waals surface area contributed by atoms with Gasteiger partial charge in [-0.1, -0.05) is 25.7 Å². The van der Waals surface area contributed by atoms with Gasteiger partial charge in [0.25, 0.3) is 0 Å². The summed E-state index contributed by atoms with van der Waals surface area (Å²) in [5.74, 6) is 2.21. The quantitative estimate of drug-likeness (QED) is 0.782. The van der Waals surface area contributed by atoms with Gasteiger partial charge in [0.15, 0.2) is 0 Å². The minimum atomic E-state index is -0.737. The molecule has 3 nitrogen and oxygen atoms in total. The van der Waals surface area contributed by atoms with E-state index in [0.717, 1.165) is 50.7 Å². The highest BCUT2D eigenvalue weighted by atomic mass is 32.2. The Morgan fingerprint density at radius 2 is 1.94 bits per heavy atom. The number of nitriles is 1. The summed E-state index contributed by atoms with van der Waals surface area (Å²) in [4.78, 5) is 12.4. The van der Waals surface area contributed by atoms with Crippen LogP contribution in [0.15, 0.2) is 0 Å². The smallest absolute Gasteiger partial charge is 0.240 e. The second-order valence-electron chi connectivity index (χ2n) is 5.50. The van der Waals surface area contributed by atoms with Crippen LogP contribution in [0.25, 0.3) is 0 Å². The highest BCUT2D eigenvalue weighted by Gasteiger charge is 2.39. The van der Waals surface area contributed by atoms with Crippen molar-refractivity contribution >= 4 is 17.7 Å². The Bertz CT molecular complexity index is 323. The number of nitrogens with one attached hydrogen (secondary N) is 1. The van der Waals surface area contributed by atoms with Crippen molar-refractivity contribution in [2.75, 3.05) is 11.5 Å². The molecule has 0 aromatic heterocycles. The third-order valence-corrected chi connectivity index (χ3v) is 5.32. The fourth-order valence-electron chi connectivity index (χ4n) is 2.90. The Morgan fingerprint density at radius 1 is 1.22 bits per heavy atom. The zero-order valence-electron chi connectivity index (χ0n) is 10.9. The molecule has 2 rings (SSSR count). The number of carbonyl (C=O) groups excluding carboxylic acids is 1. The molecule has 18 heavy (non-hydrogen) atoms. The maximum atomic E-state index is 12.4. The van der Waals surface area contributed by atoms with Gasteiger partial charge in [-0.3, -0.25) is 4.79 Å². The Morgan fingerprint density at radius 3 is 2.50 bits per heavy atom. The number of carbonyl (C=O) groups is 1. The van der Waals surface area contributed by atoms with E-state index in [0.29, 0.717) is 0 Å². The van der Waals surface area contributed by atoms with Crippen molar-refractivity contribution in [3.63, 3.8) is 0 Å². The van der Waals surface area contributed by atoms with E-state index in [9.17, 15) is 10.1 Å². The molecule has 1 atom stereocenters. The van der Waals surface area contributed by atoms with E-state index in [1.54, 1.807) is 0 Å². The molecule has 1 saturated carbocycles. The lowest BCUT2D eigenvalue weighted by Crippen LogP contribution is -2.46. The molecule has 0 aromatic carbocycles. The van der Waals surface area contributed by atoms with E-state index < -0.39 is 5.41 Å². The molecular weight excluding hydrogens is 244 g/mol. The van der Waals surface area contributed by atoms with Crippen molar-refractivity contribution < 1.29 is 4.79 Å². The van der Waals surface area contributed by atoms with E-state index in [1.807, 2.05) is 11.8 Å². The van der Waals surface area contributed by atoms with Crippen LogP contribution in [-0.4, -0.2) is 23.5 Å². The Hall–Kier alpha value is -0.690. The van der Waals surface area contributed by atoms with Crippen molar-refractivity contribution in [1.29, 1.82) is 5.26 Å². The van der Waals surface area contributed by atoms with Crippen molar-refractivity contribution in [1.82, 2.24) is 5.32 Å². The number of amides is 1. The first-order chi connectivity index (χ1) is 8.77. The van der Waals surface area contributed by atoms with Crippen LogP contribution in [0, 0.1) is 16.7 Å². The molecule has 0 bridgehead atoms. The summed E-state index contributed by atoms with van der Waals surface area (Å²) in [5.41, 5.74) is -0.737. The van der Waals surface area contributed by atoms with Gasteiger partial charge in [0.1, 0.15) is 5.41 Å². The zero-order valence-corrected chi connectivity index (χ0v) is 11.7. The van der Waals surface area contributed by atoms with Gasteiger partial charge >= 0.3 is 0 Å². The molecule has 1 aliphatic heterocycles. The maximum Gasteiger partial charge on any atom is 0.240 e. The number of nitrogens with zero attached hydrogens (tertiary/aromatic N) is 1. The van der Waals surface area contributed by atoms with Crippen LogP contribution < -0.4 is 5.32 Å². The van der Waals surface area contributed by atoms with Gasteiger partial charge in [0.05, 0.1) is 6.07 Å². The lowest BCUT2D eigenvalue weighted by atomic mass is 9.80. The van der Waals surface area contributed by atoms with Gasteiger partial charge in [-0.25, -0.2) is 0 Å².